The number of rotatable bonds is 13. The second-order valence-corrected chi connectivity index (χ2v) is 14.0. The molecule has 1 aliphatic heterocycles. The molecule has 10 nitrogen and oxygen atoms in total. The Morgan fingerprint density at radius 2 is 1.55 bits per heavy atom. The Labute approximate surface area is 277 Å². The molecule has 2 aromatic rings. The average molecular weight is 645 g/mol. The van der Waals surface area contributed by atoms with Crippen molar-refractivity contribution < 1.29 is 28.7 Å². The van der Waals surface area contributed by atoms with Crippen molar-refractivity contribution in [3.8, 4) is 0 Å². The molecule has 3 N–H and O–H groups in total. The van der Waals surface area contributed by atoms with Gasteiger partial charge in [0.1, 0.15) is 17.7 Å². The summed E-state index contributed by atoms with van der Waals surface area (Å²) in [5.41, 5.74) is 0.583. The third kappa shape index (κ3) is 8.10. The summed E-state index contributed by atoms with van der Waals surface area (Å²) in [6, 6.07) is 15.8. The zero-order valence-electron chi connectivity index (χ0n) is 28.2. The quantitative estimate of drug-likeness (QED) is 0.219. The van der Waals surface area contributed by atoms with Crippen LogP contribution >= 0.6 is 0 Å². The Hall–Kier alpha value is -4.47. The van der Waals surface area contributed by atoms with Crippen LogP contribution in [-0.2, 0) is 23.9 Å². The van der Waals surface area contributed by atoms with Gasteiger partial charge in [-0.1, -0.05) is 93.9 Å². The molecule has 0 radical (unpaired) electrons. The van der Waals surface area contributed by atoms with Crippen LogP contribution in [0.5, 0.6) is 0 Å². The van der Waals surface area contributed by atoms with E-state index < -0.39 is 59.2 Å². The van der Waals surface area contributed by atoms with Crippen LogP contribution in [0.3, 0.4) is 0 Å². The fraction of sp³-hybridized carbons (Fsp3) is 0.486. The number of nitrogens with one attached hydrogen (secondary N) is 3. The lowest BCUT2D eigenvalue weighted by Gasteiger charge is -2.36. The first-order valence-electron chi connectivity index (χ1n) is 16.3. The Balaban J connectivity index is 1.72. The second-order valence-electron chi connectivity index (χ2n) is 14.0. The third-order valence-electron chi connectivity index (χ3n) is 9.19. The number of amides is 4. The predicted octanol–water partition coefficient (Wildman–Crippen LogP) is 4.35. The number of likely N-dealkylation sites (tertiary alicyclic amines) is 1. The number of carbonyl (C=O) groups excluding carboxylic acids is 5. The van der Waals surface area contributed by atoms with Crippen molar-refractivity contribution in [3.05, 3.63) is 84.4 Å². The van der Waals surface area contributed by atoms with E-state index in [4.69, 9.17) is 4.74 Å². The van der Waals surface area contributed by atoms with Gasteiger partial charge in [0.05, 0.1) is 6.04 Å². The molecule has 5 atom stereocenters. The fourth-order valence-corrected chi connectivity index (χ4v) is 6.84. The van der Waals surface area contributed by atoms with E-state index in [1.165, 1.54) is 6.08 Å². The van der Waals surface area contributed by atoms with E-state index >= 15 is 0 Å². The summed E-state index contributed by atoms with van der Waals surface area (Å²) in [5, 5.41) is 8.18. The van der Waals surface area contributed by atoms with Crippen molar-refractivity contribution in [1.82, 2.24) is 20.9 Å². The smallest absolute Gasteiger partial charge is 0.408 e. The second kappa shape index (κ2) is 14.5. The van der Waals surface area contributed by atoms with Crippen molar-refractivity contribution in [2.45, 2.75) is 84.0 Å². The van der Waals surface area contributed by atoms with E-state index in [1.54, 1.807) is 25.7 Å². The van der Waals surface area contributed by atoms with E-state index in [9.17, 15) is 24.0 Å². The standard InChI is InChI=1S/C37H48N4O6/c1-8-16-26(31(42)33(44)38-21-9-2)39-32(43)30-28-25(37(28,6)7)22-41(30)34(45)29(40-35(46)47-36(3,4)5)27(23-17-12-10-13-18-23)24-19-14-11-15-20-24/h9-15,17-20,25-30H,2,8,16,21-22H2,1,3-7H3,(H,38,44)(H,39,43)(H,40,46)/t25?,26?,28?,29?,30-/m0/s1. The highest BCUT2D eigenvalue weighted by molar-refractivity contribution is 6.38. The zero-order valence-corrected chi connectivity index (χ0v) is 28.2. The van der Waals surface area contributed by atoms with Crippen molar-refractivity contribution >= 4 is 29.6 Å². The largest absolute Gasteiger partial charge is 0.444 e. The minimum atomic E-state index is -1.12. The van der Waals surface area contributed by atoms with E-state index in [2.05, 4.69) is 36.4 Å². The van der Waals surface area contributed by atoms with Crippen LogP contribution < -0.4 is 16.0 Å². The maximum Gasteiger partial charge on any atom is 0.408 e. The molecule has 4 rings (SSSR count). The molecule has 1 heterocycles. The van der Waals surface area contributed by atoms with Gasteiger partial charge in [0.15, 0.2) is 0 Å². The molecule has 2 aromatic carbocycles. The summed E-state index contributed by atoms with van der Waals surface area (Å²) >= 11 is 0. The summed E-state index contributed by atoms with van der Waals surface area (Å²) < 4.78 is 5.61. The maximum atomic E-state index is 14.8. The van der Waals surface area contributed by atoms with E-state index in [1.807, 2.05) is 67.6 Å². The van der Waals surface area contributed by atoms with Crippen LogP contribution in [0.15, 0.2) is 73.3 Å². The Morgan fingerprint density at radius 3 is 2.06 bits per heavy atom. The van der Waals surface area contributed by atoms with E-state index in [0.717, 1.165) is 11.1 Å². The molecule has 4 amide bonds. The third-order valence-corrected chi connectivity index (χ3v) is 9.19. The number of fused-ring (bicyclic) bond motifs is 1. The number of ether oxygens (including phenoxy) is 1. The molecule has 252 valence electrons. The summed E-state index contributed by atoms with van der Waals surface area (Å²) in [6.07, 6.45) is 1.53. The Kier molecular flexibility index (Phi) is 10.9. The fourth-order valence-electron chi connectivity index (χ4n) is 6.84. The van der Waals surface area contributed by atoms with Gasteiger partial charge in [-0.25, -0.2) is 4.79 Å². The number of Topliss-reactive ketones (excluding diaryl/α,β-unsaturated/α-hetero) is 1. The average Bonchev–Trinajstić information content (AvgIpc) is 3.33. The molecule has 0 aromatic heterocycles. The highest BCUT2D eigenvalue weighted by atomic mass is 16.6. The molecule has 0 spiro atoms. The molecule has 2 aliphatic rings. The van der Waals surface area contributed by atoms with E-state index in [0.29, 0.717) is 13.0 Å². The van der Waals surface area contributed by atoms with Gasteiger partial charge in [-0.05, 0) is 55.6 Å². The summed E-state index contributed by atoms with van der Waals surface area (Å²) in [7, 11) is 0. The summed E-state index contributed by atoms with van der Waals surface area (Å²) in [5.74, 6) is -3.19. The minimum Gasteiger partial charge on any atom is -0.444 e. The topological polar surface area (TPSA) is 134 Å². The number of hydrogen-bond donors (Lipinski definition) is 3. The number of carbonyl (C=O) groups is 5. The highest BCUT2D eigenvalue weighted by Gasteiger charge is 2.69. The molecular weight excluding hydrogens is 596 g/mol. The van der Waals surface area contributed by atoms with Gasteiger partial charge in [-0.3, -0.25) is 19.2 Å². The minimum absolute atomic E-state index is 0.0486. The lowest BCUT2D eigenvalue weighted by molar-refractivity contribution is -0.144. The molecule has 1 saturated heterocycles. The van der Waals surface area contributed by atoms with Gasteiger partial charge in [-0.15, -0.1) is 6.58 Å². The van der Waals surface area contributed by atoms with Gasteiger partial charge >= 0.3 is 6.09 Å². The first-order chi connectivity index (χ1) is 22.2. The van der Waals surface area contributed by atoms with Gasteiger partial charge in [0, 0.05) is 19.0 Å². The Morgan fingerprint density at radius 1 is 0.979 bits per heavy atom. The lowest BCUT2D eigenvalue weighted by atomic mass is 9.84. The molecule has 2 fully saturated rings. The maximum absolute atomic E-state index is 14.8. The number of alkyl carbamates (subject to hydrolysis) is 1. The van der Waals surface area contributed by atoms with Crippen molar-refractivity contribution in [2.24, 2.45) is 17.3 Å². The number of hydrogen-bond acceptors (Lipinski definition) is 6. The lowest BCUT2D eigenvalue weighted by Crippen LogP contribution is -2.59. The van der Waals surface area contributed by atoms with Gasteiger partial charge < -0.3 is 25.6 Å². The molecule has 10 heteroatoms. The van der Waals surface area contributed by atoms with Crippen LogP contribution in [0.4, 0.5) is 4.79 Å². The monoisotopic (exact) mass is 644 g/mol. The molecule has 0 bridgehead atoms. The zero-order chi connectivity index (χ0) is 34.5. The van der Waals surface area contributed by atoms with Crippen LogP contribution in [0.1, 0.15) is 71.4 Å². The van der Waals surface area contributed by atoms with Crippen LogP contribution in [0.2, 0.25) is 0 Å². The normalized spacial score (nSPS) is 20.7. The van der Waals surface area contributed by atoms with Crippen molar-refractivity contribution in [3.63, 3.8) is 0 Å². The van der Waals surface area contributed by atoms with Crippen LogP contribution in [0, 0.1) is 17.3 Å². The molecule has 1 aliphatic carbocycles. The summed E-state index contributed by atoms with van der Waals surface area (Å²) in [4.78, 5) is 69.4. The Bertz CT molecular complexity index is 1430. The van der Waals surface area contributed by atoms with Crippen molar-refractivity contribution in [2.75, 3.05) is 13.1 Å². The summed E-state index contributed by atoms with van der Waals surface area (Å²) in [6.45, 7) is 15.2. The predicted molar refractivity (Wildman–Crippen MR) is 179 cm³/mol. The van der Waals surface area contributed by atoms with E-state index in [-0.39, 0.29) is 30.2 Å². The SMILES string of the molecule is C=CCNC(=O)C(=O)C(CCC)NC(=O)[C@@H]1C2C(CN1C(=O)C(NC(=O)OC(C)(C)C)C(c1ccccc1)c1ccccc1)C2(C)C. The highest BCUT2D eigenvalue weighted by Crippen LogP contribution is 2.65. The molecule has 4 unspecified atom stereocenters. The number of piperidine rings is 1. The molecule has 1 saturated carbocycles. The first kappa shape index (κ1) is 35.4. The van der Waals surface area contributed by atoms with Gasteiger partial charge in [-0.2, -0.15) is 0 Å². The van der Waals surface area contributed by atoms with Crippen LogP contribution in [-0.4, -0.2) is 71.3 Å². The first-order valence-corrected chi connectivity index (χ1v) is 16.3. The van der Waals surface area contributed by atoms with Gasteiger partial charge in [0.2, 0.25) is 17.6 Å². The molecular formula is C37H48N4O6. The molecule has 47 heavy (non-hydrogen) atoms. The number of benzene rings is 2. The van der Waals surface area contributed by atoms with Crippen LogP contribution in [0.25, 0.3) is 0 Å². The number of nitrogens with zero attached hydrogens (tertiary/aromatic N) is 1. The van der Waals surface area contributed by atoms with Crippen molar-refractivity contribution in [1.29, 1.82) is 0 Å². The number of ketones is 1. The van der Waals surface area contributed by atoms with Gasteiger partial charge in [0.25, 0.3) is 5.91 Å².